The van der Waals surface area contributed by atoms with E-state index in [1.54, 1.807) is 12.1 Å². The van der Waals surface area contributed by atoms with Gasteiger partial charge in [0, 0.05) is 0 Å². The molecule has 0 aromatic heterocycles. The summed E-state index contributed by atoms with van der Waals surface area (Å²) < 4.78 is 13.6. The molecule has 0 aliphatic heterocycles. The molecule has 1 aliphatic carbocycles. The van der Waals surface area contributed by atoms with Gasteiger partial charge in [-0.15, -0.1) is 0 Å². The van der Waals surface area contributed by atoms with E-state index in [1.165, 1.54) is 12.5 Å². The summed E-state index contributed by atoms with van der Waals surface area (Å²) in [4.78, 5) is 0. The molecule has 0 radical (unpaired) electrons. The summed E-state index contributed by atoms with van der Waals surface area (Å²) in [5.41, 5.74) is -0.127. The number of halogens is 2. The van der Waals surface area contributed by atoms with Gasteiger partial charge in [-0.1, -0.05) is 38.2 Å². The van der Waals surface area contributed by atoms with Crippen LogP contribution < -0.4 is 0 Å². The molecule has 1 aromatic carbocycles. The number of nitrogens with zero attached hydrogens (tertiary/aromatic N) is 1. The maximum atomic E-state index is 13.3. The van der Waals surface area contributed by atoms with Crippen LogP contribution in [-0.2, 0) is 0 Å². The molecule has 2 rings (SSSR count). The number of aliphatic hydroxyl groups is 1. The molecule has 1 saturated carbocycles. The molecule has 0 spiro atoms. The Labute approximate surface area is 127 Å². The Balaban J connectivity index is 2.28. The fourth-order valence-electron chi connectivity index (χ4n) is 2.98. The predicted molar refractivity (Wildman–Crippen MR) is 79.4 cm³/mol. The highest BCUT2D eigenvalue weighted by atomic mass is 79.9. The third-order valence-electron chi connectivity index (χ3n) is 4.25. The lowest BCUT2D eigenvalue weighted by Crippen LogP contribution is -2.28. The van der Waals surface area contributed by atoms with Gasteiger partial charge in [-0.3, -0.25) is 0 Å². The molecule has 0 heterocycles. The lowest BCUT2D eigenvalue weighted by Gasteiger charge is -2.33. The van der Waals surface area contributed by atoms with Crippen LogP contribution in [0.25, 0.3) is 0 Å². The summed E-state index contributed by atoms with van der Waals surface area (Å²) >= 11 is 3.14. The third-order valence-corrected chi connectivity index (χ3v) is 4.86. The average molecular weight is 340 g/mol. The van der Waals surface area contributed by atoms with Gasteiger partial charge in [0.25, 0.3) is 0 Å². The van der Waals surface area contributed by atoms with Crippen molar-refractivity contribution >= 4 is 15.9 Å². The summed E-state index contributed by atoms with van der Waals surface area (Å²) in [5.74, 6) is -0.357. The third kappa shape index (κ3) is 3.21. The van der Waals surface area contributed by atoms with Crippen molar-refractivity contribution in [1.29, 1.82) is 5.26 Å². The Morgan fingerprint density at radius 3 is 2.35 bits per heavy atom. The average Bonchev–Trinajstić information content (AvgIpc) is 2.42. The second kappa shape index (κ2) is 6.69. The van der Waals surface area contributed by atoms with Crippen molar-refractivity contribution in [3.63, 3.8) is 0 Å². The van der Waals surface area contributed by atoms with Crippen LogP contribution in [-0.4, -0.2) is 5.11 Å². The molecule has 1 atom stereocenters. The van der Waals surface area contributed by atoms with Crippen molar-refractivity contribution < 1.29 is 9.50 Å². The van der Waals surface area contributed by atoms with Crippen molar-refractivity contribution in [2.45, 2.75) is 51.0 Å². The van der Waals surface area contributed by atoms with E-state index in [-0.39, 0.29) is 5.82 Å². The van der Waals surface area contributed by atoms with Crippen molar-refractivity contribution in [2.75, 3.05) is 0 Å². The standard InChI is InChI=1S/C16H19BrFNO/c17-13-10-12(6-7-14(13)18)15(20)16(11-19)8-4-2-1-3-5-9-16/h6-7,10,15,20H,1-5,8-9H2. The first kappa shape index (κ1) is 15.5. The Hall–Kier alpha value is -0.920. The zero-order valence-corrected chi connectivity index (χ0v) is 13.0. The van der Waals surface area contributed by atoms with Crippen molar-refractivity contribution in [2.24, 2.45) is 5.41 Å². The van der Waals surface area contributed by atoms with E-state index >= 15 is 0 Å². The molecule has 1 fully saturated rings. The Morgan fingerprint density at radius 2 is 1.80 bits per heavy atom. The van der Waals surface area contributed by atoms with Crippen molar-refractivity contribution in [3.8, 4) is 6.07 Å². The quantitative estimate of drug-likeness (QED) is 0.834. The molecule has 4 heteroatoms. The van der Waals surface area contributed by atoms with Gasteiger partial charge >= 0.3 is 0 Å². The molecular weight excluding hydrogens is 321 g/mol. The highest BCUT2D eigenvalue weighted by Gasteiger charge is 2.39. The molecule has 0 saturated heterocycles. The van der Waals surface area contributed by atoms with Gasteiger partial charge in [-0.05, 0) is 46.5 Å². The molecule has 1 aliphatic rings. The maximum absolute atomic E-state index is 13.3. The highest BCUT2D eigenvalue weighted by Crippen LogP contribution is 2.44. The summed E-state index contributed by atoms with van der Waals surface area (Å²) in [6.07, 6.45) is 5.92. The van der Waals surface area contributed by atoms with E-state index in [2.05, 4.69) is 22.0 Å². The predicted octanol–water partition coefficient (Wildman–Crippen LogP) is 4.88. The Kier molecular flexibility index (Phi) is 5.17. The van der Waals surface area contributed by atoms with Crippen LogP contribution in [0.15, 0.2) is 22.7 Å². The molecule has 1 unspecified atom stereocenters. The topological polar surface area (TPSA) is 44.0 Å². The summed E-state index contributed by atoms with van der Waals surface area (Å²) in [5, 5.41) is 20.3. The smallest absolute Gasteiger partial charge is 0.137 e. The lowest BCUT2D eigenvalue weighted by molar-refractivity contribution is 0.0433. The highest BCUT2D eigenvalue weighted by molar-refractivity contribution is 9.10. The molecule has 0 amide bonds. The Morgan fingerprint density at radius 1 is 1.20 bits per heavy atom. The van der Waals surface area contributed by atoms with E-state index in [1.807, 2.05) is 0 Å². The first-order valence-electron chi connectivity index (χ1n) is 7.13. The van der Waals surface area contributed by atoms with Gasteiger partial charge in [0.05, 0.1) is 22.1 Å². The van der Waals surface area contributed by atoms with Gasteiger partial charge in [0.1, 0.15) is 5.82 Å². The number of nitriles is 1. The number of aliphatic hydroxyl groups excluding tert-OH is 1. The van der Waals surface area contributed by atoms with Gasteiger partial charge in [0.15, 0.2) is 0 Å². The zero-order valence-electron chi connectivity index (χ0n) is 11.4. The zero-order chi connectivity index (χ0) is 14.6. The van der Waals surface area contributed by atoms with E-state index in [0.717, 1.165) is 25.7 Å². The first-order chi connectivity index (χ1) is 9.59. The van der Waals surface area contributed by atoms with E-state index in [0.29, 0.717) is 22.9 Å². The largest absolute Gasteiger partial charge is 0.387 e. The second-order valence-electron chi connectivity index (χ2n) is 5.61. The van der Waals surface area contributed by atoms with Gasteiger partial charge < -0.3 is 5.11 Å². The van der Waals surface area contributed by atoms with Crippen molar-refractivity contribution in [1.82, 2.24) is 0 Å². The van der Waals surface area contributed by atoms with E-state index in [4.69, 9.17) is 0 Å². The van der Waals surface area contributed by atoms with Crippen LogP contribution >= 0.6 is 15.9 Å². The monoisotopic (exact) mass is 339 g/mol. The number of benzene rings is 1. The minimum atomic E-state index is -0.859. The minimum absolute atomic E-state index is 0.327. The molecule has 20 heavy (non-hydrogen) atoms. The normalized spacial score (nSPS) is 20.5. The number of hydrogen-bond donors (Lipinski definition) is 1. The SMILES string of the molecule is N#CC1(C(O)c2ccc(F)c(Br)c2)CCCCCCC1. The van der Waals surface area contributed by atoms with Gasteiger partial charge in [0.2, 0.25) is 0 Å². The van der Waals surface area contributed by atoms with Crippen LogP contribution in [0.4, 0.5) is 4.39 Å². The molecule has 1 N–H and O–H groups in total. The minimum Gasteiger partial charge on any atom is -0.387 e. The van der Waals surface area contributed by atoms with Crippen LogP contribution in [0, 0.1) is 22.6 Å². The summed E-state index contributed by atoms with van der Waals surface area (Å²) in [6.45, 7) is 0. The molecule has 2 nitrogen and oxygen atoms in total. The second-order valence-corrected chi connectivity index (χ2v) is 6.47. The van der Waals surface area contributed by atoms with Crippen LogP contribution in [0.3, 0.4) is 0 Å². The van der Waals surface area contributed by atoms with Crippen LogP contribution in [0.1, 0.15) is 56.6 Å². The summed E-state index contributed by atoms with van der Waals surface area (Å²) in [7, 11) is 0. The number of rotatable bonds is 2. The summed E-state index contributed by atoms with van der Waals surface area (Å²) in [6, 6.07) is 6.84. The van der Waals surface area contributed by atoms with E-state index in [9.17, 15) is 14.8 Å². The molecule has 0 bridgehead atoms. The van der Waals surface area contributed by atoms with Crippen molar-refractivity contribution in [3.05, 3.63) is 34.1 Å². The molecular formula is C16H19BrFNO. The van der Waals surface area contributed by atoms with Crippen LogP contribution in [0.2, 0.25) is 0 Å². The Bertz CT molecular complexity index is 504. The van der Waals surface area contributed by atoms with E-state index < -0.39 is 11.5 Å². The fourth-order valence-corrected chi connectivity index (χ4v) is 3.38. The lowest BCUT2D eigenvalue weighted by atomic mass is 9.71. The number of hydrogen-bond acceptors (Lipinski definition) is 2. The first-order valence-corrected chi connectivity index (χ1v) is 7.93. The van der Waals surface area contributed by atoms with Gasteiger partial charge in [-0.2, -0.15) is 5.26 Å². The molecule has 108 valence electrons. The molecule has 1 aromatic rings. The fraction of sp³-hybridized carbons (Fsp3) is 0.562. The van der Waals surface area contributed by atoms with Crippen LogP contribution in [0.5, 0.6) is 0 Å². The van der Waals surface area contributed by atoms with Gasteiger partial charge in [-0.25, -0.2) is 4.39 Å². The maximum Gasteiger partial charge on any atom is 0.137 e.